The molecule has 0 fully saturated rings. The summed E-state index contributed by atoms with van der Waals surface area (Å²) in [5.74, 6) is 1.60. The van der Waals surface area contributed by atoms with Crippen LogP contribution in [0.5, 0.6) is 11.5 Å². The smallest absolute Gasteiger partial charge is 0.241 e. The second kappa shape index (κ2) is 7.65. The first-order chi connectivity index (χ1) is 13.4. The van der Waals surface area contributed by atoms with Crippen LogP contribution in [0.3, 0.4) is 0 Å². The Balaban J connectivity index is 2.03. The van der Waals surface area contributed by atoms with E-state index >= 15 is 0 Å². The van der Waals surface area contributed by atoms with Crippen LogP contribution in [0.1, 0.15) is 68.3 Å². The zero-order chi connectivity index (χ0) is 21.6. The second-order valence-corrected chi connectivity index (χ2v) is 10.5. The Hall–Kier alpha value is -2.05. The van der Waals surface area contributed by atoms with E-state index in [1.165, 1.54) is 0 Å². The highest BCUT2D eigenvalue weighted by molar-refractivity contribution is 7.89. The molecule has 1 heterocycles. The molecule has 5 nitrogen and oxygen atoms in total. The normalized spacial score (nSPS) is 18.3. The number of hydrogen-bond donors (Lipinski definition) is 1. The van der Waals surface area contributed by atoms with Gasteiger partial charge in [-0.15, -0.1) is 0 Å². The van der Waals surface area contributed by atoms with Crippen molar-refractivity contribution >= 4 is 10.0 Å². The lowest BCUT2D eigenvalue weighted by molar-refractivity contribution is 0.0701. The molecule has 0 aromatic heterocycles. The van der Waals surface area contributed by atoms with E-state index in [4.69, 9.17) is 9.47 Å². The van der Waals surface area contributed by atoms with Crippen molar-refractivity contribution in [3.05, 3.63) is 52.6 Å². The van der Waals surface area contributed by atoms with E-state index in [2.05, 4.69) is 4.72 Å². The third-order valence-electron chi connectivity index (χ3n) is 5.36. The van der Waals surface area contributed by atoms with Crippen LogP contribution >= 0.6 is 0 Å². The predicted molar refractivity (Wildman–Crippen MR) is 115 cm³/mol. The Morgan fingerprint density at radius 2 is 1.86 bits per heavy atom. The third-order valence-corrected chi connectivity index (χ3v) is 6.98. The molecular formula is C23H31NO4S. The van der Waals surface area contributed by atoms with Crippen molar-refractivity contribution < 1.29 is 17.9 Å². The number of benzene rings is 2. The zero-order valence-corrected chi connectivity index (χ0v) is 19.1. The molecule has 0 spiro atoms. The van der Waals surface area contributed by atoms with Crippen molar-refractivity contribution in [2.24, 2.45) is 0 Å². The number of methoxy groups -OCH3 is 1. The van der Waals surface area contributed by atoms with Crippen LogP contribution in [0.4, 0.5) is 0 Å². The molecule has 0 amide bonds. The first-order valence-corrected chi connectivity index (χ1v) is 11.4. The van der Waals surface area contributed by atoms with Gasteiger partial charge in [0.05, 0.1) is 18.0 Å². The minimum atomic E-state index is -3.74. The fourth-order valence-corrected chi connectivity index (χ4v) is 5.39. The molecule has 0 radical (unpaired) electrons. The number of nitrogens with one attached hydrogen (secondary N) is 1. The number of rotatable bonds is 5. The quantitative estimate of drug-likeness (QED) is 0.742. The van der Waals surface area contributed by atoms with Crippen molar-refractivity contribution in [1.29, 1.82) is 0 Å². The predicted octanol–water partition coefficient (Wildman–Crippen LogP) is 5.02. The summed E-state index contributed by atoms with van der Waals surface area (Å²) in [5, 5.41) is 0. The molecule has 1 aliphatic rings. The fourth-order valence-electron chi connectivity index (χ4n) is 3.91. The molecule has 0 saturated heterocycles. The Labute approximate surface area is 174 Å². The van der Waals surface area contributed by atoms with Crippen molar-refractivity contribution in [3.63, 3.8) is 0 Å². The Bertz CT molecular complexity index is 1030. The van der Waals surface area contributed by atoms with Crippen molar-refractivity contribution in [2.75, 3.05) is 7.11 Å². The number of ether oxygens (including phenoxy) is 2. The highest BCUT2D eigenvalue weighted by Gasteiger charge is 2.36. The van der Waals surface area contributed by atoms with Crippen LogP contribution in [-0.2, 0) is 10.0 Å². The molecule has 29 heavy (non-hydrogen) atoms. The van der Waals surface area contributed by atoms with Crippen LogP contribution in [-0.4, -0.2) is 21.1 Å². The van der Waals surface area contributed by atoms with Gasteiger partial charge in [-0.25, -0.2) is 13.1 Å². The fraction of sp³-hybridized carbons (Fsp3) is 0.478. The average molecular weight is 418 g/mol. The van der Waals surface area contributed by atoms with Gasteiger partial charge in [0.15, 0.2) is 0 Å². The van der Waals surface area contributed by atoms with Gasteiger partial charge in [0.1, 0.15) is 17.1 Å². The second-order valence-electron chi connectivity index (χ2n) is 8.80. The van der Waals surface area contributed by atoms with E-state index in [0.717, 1.165) is 22.4 Å². The van der Waals surface area contributed by atoms with Gasteiger partial charge in [-0.2, -0.15) is 0 Å². The van der Waals surface area contributed by atoms with Crippen molar-refractivity contribution in [1.82, 2.24) is 4.72 Å². The molecule has 2 aromatic rings. The summed E-state index contributed by atoms with van der Waals surface area (Å²) in [5.41, 5.74) is 3.02. The summed E-state index contributed by atoms with van der Waals surface area (Å²) in [6.07, 6.45) is 0.550. The monoisotopic (exact) mass is 417 g/mol. The van der Waals surface area contributed by atoms with Gasteiger partial charge in [0, 0.05) is 12.0 Å². The molecular weight excluding hydrogens is 386 g/mol. The van der Waals surface area contributed by atoms with Gasteiger partial charge in [-0.1, -0.05) is 26.0 Å². The minimum absolute atomic E-state index is 0.144. The van der Waals surface area contributed by atoms with Gasteiger partial charge < -0.3 is 9.47 Å². The maximum absolute atomic E-state index is 13.4. The van der Waals surface area contributed by atoms with Gasteiger partial charge in [0.25, 0.3) is 0 Å². The molecule has 158 valence electrons. The van der Waals surface area contributed by atoms with Crippen molar-refractivity contribution in [3.8, 4) is 11.5 Å². The molecule has 0 bridgehead atoms. The lowest BCUT2D eigenvalue weighted by atomic mass is 9.90. The number of hydrogen-bond acceptors (Lipinski definition) is 4. The topological polar surface area (TPSA) is 64.6 Å². The maximum Gasteiger partial charge on any atom is 0.241 e. The zero-order valence-electron chi connectivity index (χ0n) is 18.3. The molecule has 0 unspecified atom stereocenters. The number of fused-ring (bicyclic) bond motifs is 1. The Morgan fingerprint density at radius 1 is 1.17 bits per heavy atom. The third kappa shape index (κ3) is 4.43. The van der Waals surface area contributed by atoms with E-state index in [9.17, 15) is 8.42 Å². The first kappa shape index (κ1) is 21.7. The molecule has 3 rings (SSSR count). The van der Waals surface area contributed by atoms with Gasteiger partial charge >= 0.3 is 0 Å². The SMILES string of the molecule is COc1cc(C)c(S(=O)(=O)N[C@@H]2CC(C)(C)Oc3cc(C)ccc32)cc1C(C)C. The molecule has 1 aliphatic heterocycles. The molecule has 0 saturated carbocycles. The lowest BCUT2D eigenvalue weighted by Gasteiger charge is -2.38. The van der Waals surface area contributed by atoms with E-state index < -0.39 is 15.6 Å². The van der Waals surface area contributed by atoms with Crippen LogP contribution in [0.15, 0.2) is 35.2 Å². The highest BCUT2D eigenvalue weighted by atomic mass is 32.2. The Morgan fingerprint density at radius 3 is 2.48 bits per heavy atom. The summed E-state index contributed by atoms with van der Waals surface area (Å²) < 4.78 is 41.3. The number of aryl methyl sites for hydroxylation is 2. The largest absolute Gasteiger partial charge is 0.496 e. The Kier molecular flexibility index (Phi) is 5.71. The molecule has 6 heteroatoms. The van der Waals surface area contributed by atoms with Crippen molar-refractivity contribution in [2.45, 2.75) is 70.4 Å². The van der Waals surface area contributed by atoms with Gasteiger partial charge in [0.2, 0.25) is 10.0 Å². The molecule has 2 aromatic carbocycles. The minimum Gasteiger partial charge on any atom is -0.496 e. The van der Waals surface area contributed by atoms with E-state index in [1.54, 1.807) is 26.2 Å². The van der Waals surface area contributed by atoms with Gasteiger partial charge in [-0.3, -0.25) is 0 Å². The average Bonchev–Trinajstić information content (AvgIpc) is 2.59. The van der Waals surface area contributed by atoms with Crippen LogP contribution < -0.4 is 14.2 Å². The van der Waals surface area contributed by atoms with Crippen LogP contribution in [0.2, 0.25) is 0 Å². The highest BCUT2D eigenvalue weighted by Crippen LogP contribution is 2.41. The molecule has 1 N–H and O–H groups in total. The van der Waals surface area contributed by atoms with Crippen LogP contribution in [0, 0.1) is 13.8 Å². The first-order valence-electron chi connectivity index (χ1n) is 9.94. The summed E-state index contributed by atoms with van der Waals surface area (Å²) in [7, 11) is -2.13. The summed E-state index contributed by atoms with van der Waals surface area (Å²) >= 11 is 0. The standard InChI is InChI=1S/C23H31NO4S/c1-14(2)18-12-22(16(4)11-20(18)27-7)29(25,26)24-19-13-23(5,6)28-21-10-15(3)8-9-17(19)21/h8-12,14,19,24H,13H2,1-7H3/t19-/m1/s1. The van der Waals surface area contributed by atoms with Gasteiger partial charge in [-0.05, 0) is 68.5 Å². The van der Waals surface area contributed by atoms with E-state index in [1.807, 2.05) is 52.8 Å². The van der Waals surface area contributed by atoms with Crippen LogP contribution in [0.25, 0.3) is 0 Å². The van der Waals surface area contributed by atoms with E-state index in [-0.39, 0.29) is 12.0 Å². The summed E-state index contributed by atoms with van der Waals surface area (Å²) in [6.45, 7) is 11.8. The summed E-state index contributed by atoms with van der Waals surface area (Å²) in [4.78, 5) is 0.292. The van der Waals surface area contributed by atoms with E-state index in [0.29, 0.717) is 22.6 Å². The maximum atomic E-state index is 13.4. The number of sulfonamides is 1. The molecule has 1 atom stereocenters. The lowest BCUT2D eigenvalue weighted by Crippen LogP contribution is -2.41. The summed E-state index contributed by atoms with van der Waals surface area (Å²) in [6, 6.07) is 9.08. The molecule has 0 aliphatic carbocycles.